The van der Waals surface area contributed by atoms with Gasteiger partial charge >= 0.3 is 0 Å². The van der Waals surface area contributed by atoms with Gasteiger partial charge in [0, 0.05) is 11.6 Å². The summed E-state index contributed by atoms with van der Waals surface area (Å²) in [6.45, 7) is 9.30. The molecule has 0 fully saturated rings. The molecule has 72 valence electrons. The highest BCUT2D eigenvalue weighted by Gasteiger charge is 2.11. The quantitative estimate of drug-likeness (QED) is 0.342. The number of rotatable bonds is 7. The summed E-state index contributed by atoms with van der Waals surface area (Å²) in [5.74, 6) is 0.123. The molecule has 2 nitrogen and oxygen atoms in total. The van der Waals surface area contributed by atoms with Crippen molar-refractivity contribution in [2.24, 2.45) is 5.92 Å². The Balaban J connectivity index is 4.10. The van der Waals surface area contributed by atoms with E-state index in [2.05, 4.69) is 13.2 Å². The van der Waals surface area contributed by atoms with Gasteiger partial charge in [0.1, 0.15) is 0 Å². The van der Waals surface area contributed by atoms with E-state index in [0.717, 1.165) is 24.8 Å². The van der Waals surface area contributed by atoms with Crippen molar-refractivity contribution in [1.82, 2.24) is 0 Å². The Morgan fingerprint density at radius 3 is 2.54 bits per heavy atom. The lowest BCUT2D eigenvalue weighted by atomic mass is 9.90. The minimum Gasteiger partial charge on any atom is -0.313 e. The molecule has 0 rings (SSSR count). The fraction of sp³-hybridized carbons (Fsp3) is 0.455. The molecule has 1 atom stereocenters. The molecule has 0 amide bonds. The molecule has 13 heavy (non-hydrogen) atoms. The zero-order valence-electron chi connectivity index (χ0n) is 8.27. The summed E-state index contributed by atoms with van der Waals surface area (Å²) in [5, 5.41) is 14.4. The summed E-state index contributed by atoms with van der Waals surface area (Å²) >= 11 is 0. The summed E-state index contributed by atoms with van der Waals surface area (Å²) in [5.41, 5.74) is 1.55. The van der Waals surface area contributed by atoms with Gasteiger partial charge in [0.05, 0.1) is 0 Å². The van der Waals surface area contributed by atoms with E-state index in [1.165, 1.54) is 6.21 Å². The number of unbranched alkanes of at least 4 members (excludes halogenated alkanes) is 1. The van der Waals surface area contributed by atoms with Gasteiger partial charge in [-0.05, 0) is 38.0 Å². The average Bonchev–Trinajstić information content (AvgIpc) is 2.11. The molecular formula is C11H18N2. The Hall–Kier alpha value is -1.18. The molecule has 0 radical (unpaired) electrons. The van der Waals surface area contributed by atoms with Crippen LogP contribution in [0.3, 0.4) is 0 Å². The lowest BCUT2D eigenvalue weighted by Gasteiger charge is -2.15. The third-order valence-electron chi connectivity index (χ3n) is 2.07. The molecule has 0 aliphatic carbocycles. The fourth-order valence-corrected chi connectivity index (χ4v) is 1.25. The molecule has 0 saturated heterocycles. The van der Waals surface area contributed by atoms with E-state index >= 15 is 0 Å². The number of nitrogens with one attached hydrogen (secondary N) is 2. The summed E-state index contributed by atoms with van der Waals surface area (Å²) in [7, 11) is 0. The van der Waals surface area contributed by atoms with Crippen molar-refractivity contribution < 1.29 is 0 Å². The standard InChI is InChI=1S/C11H18N2/c1-4-9(2)11(10(3)13)7-5-6-8-12/h4,8,11-13H,1-2,5-7H2,3H3. The van der Waals surface area contributed by atoms with Crippen LogP contribution in [0.2, 0.25) is 0 Å². The van der Waals surface area contributed by atoms with E-state index < -0.39 is 0 Å². The van der Waals surface area contributed by atoms with Crippen molar-refractivity contribution in [3.8, 4) is 0 Å². The second-order valence-electron chi connectivity index (χ2n) is 3.15. The molecule has 0 aromatic rings. The summed E-state index contributed by atoms with van der Waals surface area (Å²) in [6.07, 6.45) is 5.75. The highest BCUT2D eigenvalue weighted by molar-refractivity contribution is 5.84. The number of allylic oxidation sites excluding steroid dienone is 2. The van der Waals surface area contributed by atoms with Gasteiger partial charge in [0.25, 0.3) is 0 Å². The van der Waals surface area contributed by atoms with Crippen LogP contribution in [0.15, 0.2) is 24.8 Å². The van der Waals surface area contributed by atoms with E-state index in [4.69, 9.17) is 10.8 Å². The first-order valence-corrected chi connectivity index (χ1v) is 4.48. The van der Waals surface area contributed by atoms with Gasteiger partial charge in [0.2, 0.25) is 0 Å². The van der Waals surface area contributed by atoms with E-state index in [9.17, 15) is 0 Å². The molecular weight excluding hydrogens is 160 g/mol. The van der Waals surface area contributed by atoms with Gasteiger partial charge in [0.15, 0.2) is 0 Å². The van der Waals surface area contributed by atoms with Crippen LogP contribution in [0.4, 0.5) is 0 Å². The normalized spacial score (nSPS) is 11.8. The van der Waals surface area contributed by atoms with Crippen molar-refractivity contribution in [2.75, 3.05) is 0 Å². The minimum atomic E-state index is 0.123. The Bertz CT molecular complexity index is 216. The highest BCUT2D eigenvalue weighted by atomic mass is 14.4. The van der Waals surface area contributed by atoms with Gasteiger partial charge in [-0.3, -0.25) is 0 Å². The van der Waals surface area contributed by atoms with Gasteiger partial charge in [-0.25, -0.2) is 0 Å². The first-order chi connectivity index (χ1) is 6.13. The molecule has 0 heterocycles. The van der Waals surface area contributed by atoms with Crippen LogP contribution < -0.4 is 0 Å². The Morgan fingerprint density at radius 1 is 1.54 bits per heavy atom. The van der Waals surface area contributed by atoms with E-state index in [-0.39, 0.29) is 5.92 Å². The fourth-order valence-electron chi connectivity index (χ4n) is 1.25. The first kappa shape index (κ1) is 11.8. The lowest BCUT2D eigenvalue weighted by Crippen LogP contribution is -2.11. The zero-order chi connectivity index (χ0) is 10.3. The summed E-state index contributed by atoms with van der Waals surface area (Å²) in [6, 6.07) is 0. The average molecular weight is 178 g/mol. The molecule has 0 aliphatic rings. The van der Waals surface area contributed by atoms with Crippen LogP contribution in [0.5, 0.6) is 0 Å². The molecule has 0 saturated carbocycles. The Morgan fingerprint density at radius 2 is 2.15 bits per heavy atom. The molecule has 0 spiro atoms. The molecule has 0 aliphatic heterocycles. The Kier molecular flexibility index (Phi) is 5.77. The van der Waals surface area contributed by atoms with Crippen LogP contribution in [0, 0.1) is 16.7 Å². The van der Waals surface area contributed by atoms with Crippen LogP contribution >= 0.6 is 0 Å². The first-order valence-electron chi connectivity index (χ1n) is 4.48. The molecule has 0 aromatic heterocycles. The third-order valence-corrected chi connectivity index (χ3v) is 2.07. The SMILES string of the molecule is C=CC(=C)C(CCCC=N)C(C)=N. The van der Waals surface area contributed by atoms with Gasteiger partial charge in [-0.1, -0.05) is 19.2 Å². The van der Waals surface area contributed by atoms with Crippen molar-refractivity contribution >= 4 is 11.9 Å². The predicted molar refractivity (Wildman–Crippen MR) is 58.9 cm³/mol. The number of hydrogen-bond acceptors (Lipinski definition) is 2. The van der Waals surface area contributed by atoms with Crippen LogP contribution in [0.25, 0.3) is 0 Å². The van der Waals surface area contributed by atoms with Crippen molar-refractivity contribution in [2.45, 2.75) is 26.2 Å². The molecule has 1 unspecified atom stereocenters. The maximum absolute atomic E-state index is 7.56. The van der Waals surface area contributed by atoms with Crippen LogP contribution in [-0.2, 0) is 0 Å². The van der Waals surface area contributed by atoms with Gasteiger partial charge in [-0.15, -0.1) is 0 Å². The van der Waals surface area contributed by atoms with E-state index in [0.29, 0.717) is 5.71 Å². The maximum atomic E-state index is 7.56. The summed E-state index contributed by atoms with van der Waals surface area (Å²) < 4.78 is 0. The van der Waals surface area contributed by atoms with E-state index in [1.807, 2.05) is 0 Å². The monoisotopic (exact) mass is 178 g/mol. The highest BCUT2D eigenvalue weighted by Crippen LogP contribution is 2.18. The van der Waals surface area contributed by atoms with Crippen molar-refractivity contribution in [3.05, 3.63) is 24.8 Å². The molecule has 2 heteroatoms. The zero-order valence-corrected chi connectivity index (χ0v) is 8.27. The molecule has 0 aromatic carbocycles. The third kappa shape index (κ3) is 4.41. The molecule has 0 bridgehead atoms. The topological polar surface area (TPSA) is 47.7 Å². The van der Waals surface area contributed by atoms with Crippen LogP contribution in [0.1, 0.15) is 26.2 Å². The Labute approximate surface area is 80.4 Å². The molecule has 2 N–H and O–H groups in total. The van der Waals surface area contributed by atoms with Crippen molar-refractivity contribution in [3.63, 3.8) is 0 Å². The predicted octanol–water partition coefficient (Wildman–Crippen LogP) is 3.20. The van der Waals surface area contributed by atoms with Crippen LogP contribution in [-0.4, -0.2) is 11.9 Å². The second-order valence-corrected chi connectivity index (χ2v) is 3.15. The van der Waals surface area contributed by atoms with E-state index in [1.54, 1.807) is 13.0 Å². The van der Waals surface area contributed by atoms with Gasteiger partial charge in [-0.2, -0.15) is 0 Å². The lowest BCUT2D eigenvalue weighted by molar-refractivity contribution is 0.678. The number of hydrogen-bond donors (Lipinski definition) is 2. The smallest absolute Gasteiger partial charge is 0.0208 e. The maximum Gasteiger partial charge on any atom is 0.0208 e. The minimum absolute atomic E-state index is 0.123. The summed E-state index contributed by atoms with van der Waals surface area (Å²) in [4.78, 5) is 0. The van der Waals surface area contributed by atoms with Crippen molar-refractivity contribution in [1.29, 1.82) is 10.8 Å². The second kappa shape index (κ2) is 6.35. The largest absolute Gasteiger partial charge is 0.313 e. The van der Waals surface area contributed by atoms with Gasteiger partial charge < -0.3 is 10.8 Å².